The largest absolute Gasteiger partial charge is 0.481 e. The topological polar surface area (TPSA) is 78.4 Å². The van der Waals surface area contributed by atoms with Crippen molar-refractivity contribution in [2.75, 3.05) is 0 Å². The fourth-order valence-electron chi connectivity index (χ4n) is 3.26. The third-order valence-corrected chi connectivity index (χ3v) is 4.79. The molecule has 2 saturated carbocycles. The fourth-order valence-corrected chi connectivity index (χ4v) is 3.26. The van der Waals surface area contributed by atoms with E-state index in [2.05, 4.69) is 17.6 Å². The Morgan fingerprint density at radius 3 is 2.48 bits per heavy atom. The lowest BCUT2D eigenvalue weighted by atomic mass is 9.95. The van der Waals surface area contributed by atoms with E-state index in [-0.39, 0.29) is 18.1 Å². The van der Waals surface area contributed by atoms with Gasteiger partial charge in [-0.2, -0.15) is 0 Å². The molecule has 5 heteroatoms. The standard InChI is InChI=1S/C16H28N2O3/c1-2-12(10-11-8-9-11)17-16(21)18-14-7-5-3-4-6-13(14)15(19)20/h11-14H,2-10H2,1H3,(H,19,20)(H2,17,18,21). The number of hydrogen-bond donors (Lipinski definition) is 3. The van der Waals surface area contributed by atoms with Gasteiger partial charge >= 0.3 is 12.0 Å². The van der Waals surface area contributed by atoms with Crippen LogP contribution in [0.3, 0.4) is 0 Å². The van der Waals surface area contributed by atoms with Gasteiger partial charge in [0.15, 0.2) is 0 Å². The van der Waals surface area contributed by atoms with Crippen LogP contribution in [0.1, 0.15) is 64.7 Å². The van der Waals surface area contributed by atoms with Crippen molar-refractivity contribution in [2.45, 2.75) is 76.8 Å². The van der Waals surface area contributed by atoms with E-state index in [4.69, 9.17) is 0 Å². The van der Waals surface area contributed by atoms with Crippen molar-refractivity contribution in [1.29, 1.82) is 0 Å². The Hall–Kier alpha value is -1.26. The normalized spacial score (nSPS) is 27.5. The van der Waals surface area contributed by atoms with E-state index < -0.39 is 11.9 Å². The Bertz CT molecular complexity index is 369. The second kappa shape index (κ2) is 7.66. The van der Waals surface area contributed by atoms with Gasteiger partial charge in [-0.25, -0.2) is 4.79 Å². The monoisotopic (exact) mass is 296 g/mol. The SMILES string of the molecule is CCC(CC1CC1)NC(=O)NC1CCCCCC1C(=O)O. The van der Waals surface area contributed by atoms with Crippen LogP contribution in [0.15, 0.2) is 0 Å². The van der Waals surface area contributed by atoms with E-state index in [0.717, 1.165) is 44.4 Å². The van der Waals surface area contributed by atoms with Gasteiger partial charge in [-0.1, -0.05) is 39.0 Å². The van der Waals surface area contributed by atoms with E-state index in [1.165, 1.54) is 12.8 Å². The molecule has 3 N–H and O–H groups in total. The summed E-state index contributed by atoms with van der Waals surface area (Å²) in [6.45, 7) is 2.08. The van der Waals surface area contributed by atoms with Gasteiger partial charge < -0.3 is 15.7 Å². The average molecular weight is 296 g/mol. The van der Waals surface area contributed by atoms with Crippen LogP contribution in [0.5, 0.6) is 0 Å². The maximum absolute atomic E-state index is 12.1. The highest BCUT2D eigenvalue weighted by molar-refractivity contribution is 5.77. The number of nitrogens with one attached hydrogen (secondary N) is 2. The van der Waals surface area contributed by atoms with Gasteiger partial charge in [-0.15, -0.1) is 0 Å². The van der Waals surface area contributed by atoms with Crippen molar-refractivity contribution in [1.82, 2.24) is 10.6 Å². The molecule has 0 aliphatic heterocycles. The minimum Gasteiger partial charge on any atom is -0.481 e. The summed E-state index contributed by atoms with van der Waals surface area (Å²) in [5, 5.41) is 15.3. The lowest BCUT2D eigenvalue weighted by molar-refractivity contribution is -0.142. The molecule has 0 radical (unpaired) electrons. The predicted molar refractivity (Wildman–Crippen MR) is 81.1 cm³/mol. The molecule has 0 heterocycles. The first-order valence-electron chi connectivity index (χ1n) is 8.40. The zero-order valence-corrected chi connectivity index (χ0v) is 12.9. The molecule has 2 aliphatic rings. The van der Waals surface area contributed by atoms with Crippen molar-refractivity contribution in [3.05, 3.63) is 0 Å². The molecular formula is C16H28N2O3. The number of carboxylic acid groups (broad SMARTS) is 1. The van der Waals surface area contributed by atoms with Crippen LogP contribution in [0.2, 0.25) is 0 Å². The molecule has 120 valence electrons. The van der Waals surface area contributed by atoms with E-state index in [1.807, 2.05) is 0 Å². The van der Waals surface area contributed by atoms with Gasteiger partial charge in [0.25, 0.3) is 0 Å². The summed E-state index contributed by atoms with van der Waals surface area (Å²) < 4.78 is 0. The molecule has 2 rings (SSSR count). The van der Waals surface area contributed by atoms with E-state index >= 15 is 0 Å². The van der Waals surface area contributed by atoms with Crippen LogP contribution < -0.4 is 10.6 Å². The Labute approximate surface area is 126 Å². The molecule has 5 nitrogen and oxygen atoms in total. The van der Waals surface area contributed by atoms with Crippen molar-refractivity contribution < 1.29 is 14.7 Å². The molecule has 0 saturated heterocycles. The summed E-state index contributed by atoms with van der Waals surface area (Å²) in [6.07, 6.45) is 8.97. The molecule has 3 unspecified atom stereocenters. The molecule has 0 bridgehead atoms. The molecular weight excluding hydrogens is 268 g/mol. The number of aliphatic carboxylic acids is 1. The van der Waals surface area contributed by atoms with Gasteiger partial charge in [0.1, 0.15) is 0 Å². The Balaban J connectivity index is 1.84. The van der Waals surface area contributed by atoms with Gasteiger partial charge in [-0.3, -0.25) is 4.79 Å². The van der Waals surface area contributed by atoms with Crippen molar-refractivity contribution in [3.8, 4) is 0 Å². The van der Waals surface area contributed by atoms with Gasteiger partial charge in [-0.05, 0) is 31.6 Å². The highest BCUT2D eigenvalue weighted by Gasteiger charge is 2.31. The summed E-state index contributed by atoms with van der Waals surface area (Å²) in [6, 6.07) is -0.212. The maximum atomic E-state index is 12.1. The number of carbonyl (C=O) groups excluding carboxylic acids is 1. The first kappa shape index (κ1) is 16.1. The fraction of sp³-hybridized carbons (Fsp3) is 0.875. The van der Waals surface area contributed by atoms with Gasteiger partial charge in [0, 0.05) is 12.1 Å². The Kier molecular flexibility index (Phi) is 5.88. The summed E-state index contributed by atoms with van der Waals surface area (Å²) in [5.74, 6) is -0.450. The average Bonchev–Trinajstić information content (AvgIpc) is 3.25. The van der Waals surface area contributed by atoms with Gasteiger partial charge in [0.05, 0.1) is 5.92 Å². The Morgan fingerprint density at radius 2 is 1.86 bits per heavy atom. The number of carboxylic acids is 1. The second-order valence-electron chi connectivity index (χ2n) is 6.59. The number of amides is 2. The minimum absolute atomic E-state index is 0.194. The molecule has 21 heavy (non-hydrogen) atoms. The van der Waals surface area contributed by atoms with Crippen LogP contribution in [0.25, 0.3) is 0 Å². The number of rotatable bonds is 6. The van der Waals surface area contributed by atoms with Crippen LogP contribution in [0.4, 0.5) is 4.79 Å². The third-order valence-electron chi connectivity index (χ3n) is 4.79. The van der Waals surface area contributed by atoms with Gasteiger partial charge in [0.2, 0.25) is 0 Å². The third kappa shape index (κ3) is 5.21. The van der Waals surface area contributed by atoms with Crippen LogP contribution in [-0.4, -0.2) is 29.2 Å². The zero-order valence-electron chi connectivity index (χ0n) is 12.9. The van der Waals surface area contributed by atoms with Crippen LogP contribution in [-0.2, 0) is 4.79 Å². The summed E-state index contributed by atoms with van der Waals surface area (Å²) in [4.78, 5) is 23.5. The van der Waals surface area contributed by atoms with Crippen molar-refractivity contribution >= 4 is 12.0 Å². The number of urea groups is 1. The molecule has 0 aromatic heterocycles. The number of hydrogen-bond acceptors (Lipinski definition) is 2. The van der Waals surface area contributed by atoms with Crippen molar-refractivity contribution in [2.24, 2.45) is 11.8 Å². The molecule has 2 aliphatic carbocycles. The summed E-state index contributed by atoms with van der Waals surface area (Å²) in [5.41, 5.74) is 0. The second-order valence-corrected chi connectivity index (χ2v) is 6.59. The smallest absolute Gasteiger partial charge is 0.315 e. The lowest BCUT2D eigenvalue weighted by Gasteiger charge is -2.25. The maximum Gasteiger partial charge on any atom is 0.315 e. The molecule has 0 aromatic rings. The predicted octanol–water partition coefficient (Wildman–Crippen LogP) is 2.90. The van der Waals surface area contributed by atoms with E-state index in [1.54, 1.807) is 0 Å². The molecule has 3 atom stereocenters. The summed E-state index contributed by atoms with van der Waals surface area (Å²) in [7, 11) is 0. The summed E-state index contributed by atoms with van der Waals surface area (Å²) >= 11 is 0. The Morgan fingerprint density at radius 1 is 1.14 bits per heavy atom. The van der Waals surface area contributed by atoms with E-state index in [9.17, 15) is 14.7 Å². The quantitative estimate of drug-likeness (QED) is 0.659. The van der Waals surface area contributed by atoms with Crippen LogP contribution >= 0.6 is 0 Å². The van der Waals surface area contributed by atoms with Crippen LogP contribution in [0, 0.1) is 11.8 Å². The minimum atomic E-state index is -0.785. The zero-order chi connectivity index (χ0) is 15.2. The molecule has 0 aromatic carbocycles. The van der Waals surface area contributed by atoms with Crippen molar-refractivity contribution in [3.63, 3.8) is 0 Å². The van der Waals surface area contributed by atoms with E-state index in [0.29, 0.717) is 6.42 Å². The highest BCUT2D eigenvalue weighted by atomic mass is 16.4. The molecule has 2 amide bonds. The molecule has 2 fully saturated rings. The number of carbonyl (C=O) groups is 2. The lowest BCUT2D eigenvalue weighted by Crippen LogP contribution is -2.49. The highest BCUT2D eigenvalue weighted by Crippen LogP contribution is 2.34. The first-order valence-corrected chi connectivity index (χ1v) is 8.40. The molecule has 0 spiro atoms. The first-order chi connectivity index (χ1) is 10.1.